The van der Waals surface area contributed by atoms with Crippen LogP contribution in [0.2, 0.25) is 0 Å². The highest BCUT2D eigenvalue weighted by molar-refractivity contribution is 7.12. The zero-order valence-corrected chi connectivity index (χ0v) is 9.37. The van der Waals surface area contributed by atoms with Crippen LogP contribution < -0.4 is 10.2 Å². The minimum absolute atomic E-state index is 0.0511. The van der Waals surface area contributed by atoms with Gasteiger partial charge < -0.3 is 4.74 Å². The van der Waals surface area contributed by atoms with Gasteiger partial charge in [0.2, 0.25) is 0 Å². The molecule has 2 rings (SSSR count). The number of anilines is 1. The molecule has 1 aromatic rings. The van der Waals surface area contributed by atoms with Gasteiger partial charge in [0.15, 0.2) is 0 Å². The number of thiophene rings is 1. The lowest BCUT2D eigenvalue weighted by Gasteiger charge is -2.10. The van der Waals surface area contributed by atoms with E-state index >= 15 is 0 Å². The number of nitrogens with one attached hydrogen (secondary N) is 1. The van der Waals surface area contributed by atoms with Crippen molar-refractivity contribution in [2.24, 2.45) is 0 Å². The number of amides is 4. The molecule has 1 aliphatic rings. The van der Waals surface area contributed by atoms with Gasteiger partial charge in [-0.2, -0.15) is 0 Å². The Morgan fingerprint density at radius 2 is 2.12 bits per heavy atom. The summed E-state index contributed by atoms with van der Waals surface area (Å²) in [6, 6.07) is 0.524. The first-order chi connectivity index (χ1) is 8.06. The van der Waals surface area contributed by atoms with Crippen LogP contribution in [0.1, 0.15) is 9.67 Å². The smallest absolute Gasteiger partial charge is 0.350 e. The van der Waals surface area contributed by atoms with Crippen LogP contribution in [-0.2, 0) is 14.3 Å². The number of ether oxygens (including phenoxy) is 1. The van der Waals surface area contributed by atoms with Crippen molar-refractivity contribution in [1.29, 1.82) is 0 Å². The zero-order chi connectivity index (χ0) is 12.6. The molecule has 1 N–H and O–H groups in total. The molecule has 0 saturated carbocycles. The molecule has 88 valence electrons. The number of nitrogens with zero attached hydrogens (tertiary/aromatic N) is 1. The van der Waals surface area contributed by atoms with Crippen molar-refractivity contribution in [3.8, 4) is 0 Å². The van der Waals surface area contributed by atoms with Gasteiger partial charge in [0.05, 0.1) is 12.8 Å². The average molecular weight is 254 g/mol. The minimum atomic E-state index is -1.02. The molecule has 2 heterocycles. The third-order valence-electron chi connectivity index (χ3n) is 2.08. The van der Waals surface area contributed by atoms with Gasteiger partial charge in [-0.25, -0.2) is 14.5 Å². The number of hydrogen-bond donors (Lipinski definition) is 1. The average Bonchev–Trinajstić information content (AvgIpc) is 2.84. The molecule has 0 radical (unpaired) electrons. The summed E-state index contributed by atoms with van der Waals surface area (Å²) >= 11 is 1.01. The molecule has 0 unspecified atom stereocenters. The molecule has 8 heteroatoms. The van der Waals surface area contributed by atoms with Crippen molar-refractivity contribution in [2.75, 3.05) is 12.0 Å². The predicted octanol–water partition coefficient (Wildman–Crippen LogP) is 0.117. The van der Waals surface area contributed by atoms with E-state index in [0.29, 0.717) is 4.90 Å². The summed E-state index contributed by atoms with van der Waals surface area (Å²) in [5, 5.41) is 3.36. The van der Waals surface area contributed by atoms with E-state index in [1.807, 2.05) is 5.32 Å². The Hall–Kier alpha value is -2.22. The number of imide groups is 2. The molecular formula is C9H6N2O5S. The Morgan fingerprint density at radius 3 is 2.65 bits per heavy atom. The van der Waals surface area contributed by atoms with Crippen LogP contribution in [0.5, 0.6) is 0 Å². The molecule has 4 amide bonds. The standard InChI is InChI=1S/C9H6N2O5S/c1-16-8(14)5-4(2-3-17-5)11-7(13)6(12)10-9(11)15/h2-3H,1H3,(H,10,12,15). The van der Waals surface area contributed by atoms with Gasteiger partial charge in [0.1, 0.15) is 4.88 Å². The maximum absolute atomic E-state index is 11.4. The largest absolute Gasteiger partial charge is 0.465 e. The van der Waals surface area contributed by atoms with Gasteiger partial charge in [-0.15, -0.1) is 11.3 Å². The normalized spacial score (nSPS) is 15.1. The highest BCUT2D eigenvalue weighted by Crippen LogP contribution is 2.28. The van der Waals surface area contributed by atoms with Crippen LogP contribution in [0.15, 0.2) is 11.4 Å². The third kappa shape index (κ3) is 1.68. The fraction of sp³-hybridized carbons (Fsp3) is 0.111. The Kier molecular flexibility index (Phi) is 2.64. The first-order valence-electron chi connectivity index (χ1n) is 4.41. The molecule has 1 saturated heterocycles. The predicted molar refractivity (Wildman–Crippen MR) is 56.7 cm³/mol. The molecule has 0 bridgehead atoms. The van der Waals surface area contributed by atoms with Crippen LogP contribution in [0.4, 0.5) is 10.5 Å². The van der Waals surface area contributed by atoms with E-state index in [-0.39, 0.29) is 10.6 Å². The minimum Gasteiger partial charge on any atom is -0.465 e. The van der Waals surface area contributed by atoms with Gasteiger partial charge >= 0.3 is 23.8 Å². The van der Waals surface area contributed by atoms with E-state index in [0.717, 1.165) is 11.3 Å². The lowest BCUT2D eigenvalue weighted by Crippen LogP contribution is -2.31. The first-order valence-corrected chi connectivity index (χ1v) is 5.29. The van der Waals surface area contributed by atoms with Crippen molar-refractivity contribution in [3.63, 3.8) is 0 Å². The van der Waals surface area contributed by atoms with Gasteiger partial charge in [0, 0.05) is 0 Å². The maximum atomic E-state index is 11.4. The van der Waals surface area contributed by atoms with E-state index in [1.54, 1.807) is 0 Å². The summed E-state index contributed by atoms with van der Waals surface area (Å²) in [7, 11) is 1.18. The number of urea groups is 1. The Morgan fingerprint density at radius 1 is 1.41 bits per heavy atom. The number of carbonyl (C=O) groups excluding carboxylic acids is 4. The van der Waals surface area contributed by atoms with Crippen LogP contribution in [-0.4, -0.2) is 30.9 Å². The first kappa shape index (κ1) is 11.3. The topological polar surface area (TPSA) is 92.8 Å². The second kappa shape index (κ2) is 3.98. The molecule has 1 fully saturated rings. The summed E-state index contributed by atoms with van der Waals surface area (Å²) in [5.74, 6) is -2.70. The molecular weight excluding hydrogens is 248 g/mol. The monoisotopic (exact) mass is 254 g/mol. The molecule has 0 spiro atoms. The van der Waals surface area contributed by atoms with Crippen molar-refractivity contribution >= 4 is 40.8 Å². The maximum Gasteiger partial charge on any atom is 0.350 e. The van der Waals surface area contributed by atoms with Crippen molar-refractivity contribution < 1.29 is 23.9 Å². The van der Waals surface area contributed by atoms with Crippen LogP contribution in [0.25, 0.3) is 0 Å². The van der Waals surface area contributed by atoms with E-state index in [4.69, 9.17) is 0 Å². The summed E-state index contributed by atoms with van der Waals surface area (Å²) in [6.45, 7) is 0. The zero-order valence-electron chi connectivity index (χ0n) is 8.55. The quantitative estimate of drug-likeness (QED) is 0.459. The second-order valence-corrected chi connectivity index (χ2v) is 3.94. The summed E-state index contributed by atoms with van der Waals surface area (Å²) in [4.78, 5) is 45.9. The number of esters is 1. The SMILES string of the molecule is COC(=O)c1sccc1N1C(=O)NC(=O)C1=O. The molecule has 0 aliphatic carbocycles. The van der Waals surface area contributed by atoms with E-state index in [1.165, 1.54) is 18.6 Å². The lowest BCUT2D eigenvalue weighted by atomic mass is 10.3. The Labute approximate surface area is 99.0 Å². The van der Waals surface area contributed by atoms with Gasteiger partial charge in [0.25, 0.3) is 0 Å². The van der Waals surface area contributed by atoms with Crippen LogP contribution in [0.3, 0.4) is 0 Å². The van der Waals surface area contributed by atoms with Crippen molar-refractivity contribution in [3.05, 3.63) is 16.3 Å². The molecule has 1 aliphatic heterocycles. The highest BCUT2D eigenvalue weighted by atomic mass is 32.1. The van der Waals surface area contributed by atoms with Crippen LogP contribution in [0, 0.1) is 0 Å². The summed E-state index contributed by atoms with van der Waals surface area (Å²) < 4.78 is 4.51. The Balaban J connectivity index is 2.45. The number of carbonyl (C=O) groups is 4. The Bertz CT molecular complexity index is 535. The molecule has 1 aromatic heterocycles. The van der Waals surface area contributed by atoms with E-state index in [9.17, 15) is 19.2 Å². The summed E-state index contributed by atoms with van der Waals surface area (Å²) in [5.41, 5.74) is 0.0511. The highest BCUT2D eigenvalue weighted by Gasteiger charge is 2.40. The fourth-order valence-corrected chi connectivity index (χ4v) is 2.14. The number of hydrogen-bond acceptors (Lipinski definition) is 6. The third-order valence-corrected chi connectivity index (χ3v) is 2.96. The molecule has 0 aromatic carbocycles. The van der Waals surface area contributed by atoms with Crippen molar-refractivity contribution in [2.45, 2.75) is 0 Å². The van der Waals surface area contributed by atoms with Gasteiger partial charge in [-0.1, -0.05) is 0 Å². The fourth-order valence-electron chi connectivity index (χ4n) is 1.34. The van der Waals surface area contributed by atoms with Crippen molar-refractivity contribution in [1.82, 2.24) is 5.32 Å². The molecule has 0 atom stereocenters. The lowest BCUT2D eigenvalue weighted by molar-refractivity contribution is -0.134. The van der Waals surface area contributed by atoms with E-state index in [2.05, 4.69) is 4.74 Å². The van der Waals surface area contributed by atoms with Crippen LogP contribution >= 0.6 is 11.3 Å². The van der Waals surface area contributed by atoms with E-state index < -0.39 is 23.8 Å². The molecule has 7 nitrogen and oxygen atoms in total. The molecule has 17 heavy (non-hydrogen) atoms. The number of methoxy groups -OCH3 is 1. The van der Waals surface area contributed by atoms with Gasteiger partial charge in [-0.3, -0.25) is 14.9 Å². The summed E-state index contributed by atoms with van der Waals surface area (Å²) in [6.07, 6.45) is 0. The second-order valence-electron chi connectivity index (χ2n) is 3.03. The van der Waals surface area contributed by atoms with Gasteiger partial charge in [-0.05, 0) is 11.4 Å². The number of rotatable bonds is 2.